The molecule has 0 bridgehead atoms. The van der Waals surface area contributed by atoms with Crippen molar-refractivity contribution >= 4 is 12.1 Å². The highest BCUT2D eigenvalue weighted by Gasteiger charge is 2.39. The number of carbonyl (C=O) groups excluding carboxylic acids is 1. The fourth-order valence-corrected chi connectivity index (χ4v) is 3.37. The Balaban J connectivity index is 1.58. The molecule has 0 radical (unpaired) electrons. The second-order valence-corrected chi connectivity index (χ2v) is 6.62. The van der Waals surface area contributed by atoms with E-state index in [1.807, 2.05) is 30.3 Å². The van der Waals surface area contributed by atoms with Crippen LogP contribution in [0.2, 0.25) is 0 Å². The van der Waals surface area contributed by atoms with Gasteiger partial charge in [0.1, 0.15) is 17.9 Å². The van der Waals surface area contributed by atoms with E-state index in [2.05, 4.69) is 15.5 Å². The predicted octanol–water partition coefficient (Wildman–Crippen LogP) is 4.59. The third kappa shape index (κ3) is 3.08. The third-order valence-corrected chi connectivity index (χ3v) is 4.93. The van der Waals surface area contributed by atoms with E-state index in [0.29, 0.717) is 17.1 Å². The smallest absolute Gasteiger partial charge is 0.150 e. The number of nitrogens with one attached hydrogen (secondary N) is 1. The zero-order valence-corrected chi connectivity index (χ0v) is 14.2. The number of hydrogen-bond donors (Lipinski definition) is 1. The number of aromatic nitrogens is 2. The van der Waals surface area contributed by atoms with Crippen molar-refractivity contribution in [1.29, 1.82) is 0 Å². The summed E-state index contributed by atoms with van der Waals surface area (Å²) in [5.74, 6) is 0.427. The molecule has 0 atom stereocenters. The number of aldehydes is 1. The molecule has 1 aliphatic rings. The molecule has 2 aromatic carbocycles. The highest BCUT2D eigenvalue weighted by molar-refractivity contribution is 5.78. The van der Waals surface area contributed by atoms with Crippen LogP contribution in [0.25, 0.3) is 11.3 Å². The van der Waals surface area contributed by atoms with Gasteiger partial charge in [0, 0.05) is 11.1 Å². The van der Waals surface area contributed by atoms with Crippen LogP contribution in [0.5, 0.6) is 0 Å². The first kappa shape index (κ1) is 16.4. The molecule has 1 N–H and O–H groups in total. The fourth-order valence-electron chi connectivity index (χ4n) is 3.37. The molecule has 1 aliphatic carbocycles. The second-order valence-electron chi connectivity index (χ2n) is 6.62. The minimum atomic E-state index is -0.282. The van der Waals surface area contributed by atoms with Crippen molar-refractivity contribution in [2.24, 2.45) is 0 Å². The van der Waals surface area contributed by atoms with Crippen molar-refractivity contribution < 1.29 is 9.18 Å². The largest absolute Gasteiger partial charge is 0.359 e. The molecule has 1 heterocycles. The molecule has 3 aromatic rings. The minimum absolute atomic E-state index is 0.230. The van der Waals surface area contributed by atoms with E-state index in [1.165, 1.54) is 6.07 Å². The Morgan fingerprint density at radius 2 is 1.85 bits per heavy atom. The molecule has 1 saturated carbocycles. The molecule has 0 unspecified atom stereocenters. The summed E-state index contributed by atoms with van der Waals surface area (Å²) in [4.78, 5) is 10.9. The predicted molar refractivity (Wildman–Crippen MR) is 98.4 cm³/mol. The average molecular weight is 347 g/mol. The molecule has 0 spiro atoms. The molecule has 130 valence electrons. The van der Waals surface area contributed by atoms with Crippen LogP contribution in [-0.4, -0.2) is 16.5 Å². The van der Waals surface area contributed by atoms with Gasteiger partial charge in [0.05, 0.1) is 11.2 Å². The second kappa shape index (κ2) is 6.67. The molecule has 0 aliphatic heterocycles. The van der Waals surface area contributed by atoms with E-state index in [1.54, 1.807) is 24.3 Å². The molecule has 0 amide bonds. The summed E-state index contributed by atoms with van der Waals surface area (Å²) in [5, 5.41) is 12.0. The van der Waals surface area contributed by atoms with Crippen LogP contribution in [-0.2, 0) is 5.54 Å². The Morgan fingerprint density at radius 1 is 1.00 bits per heavy atom. The molecule has 1 aromatic heterocycles. The SMILES string of the molecule is O=Cc1cccc(-c2ccc(NC3(c4cccc(F)c4)CCC3)nn2)c1. The highest BCUT2D eigenvalue weighted by atomic mass is 19.1. The van der Waals surface area contributed by atoms with Crippen molar-refractivity contribution in [2.45, 2.75) is 24.8 Å². The number of carbonyl (C=O) groups is 1. The van der Waals surface area contributed by atoms with Crippen LogP contribution in [0.15, 0.2) is 60.7 Å². The van der Waals surface area contributed by atoms with Crippen LogP contribution in [0.3, 0.4) is 0 Å². The van der Waals surface area contributed by atoms with Crippen LogP contribution in [0.1, 0.15) is 35.2 Å². The Kier molecular flexibility index (Phi) is 4.21. The Hall–Kier alpha value is -3.08. The number of rotatable bonds is 5. The Morgan fingerprint density at radius 3 is 2.50 bits per heavy atom. The first-order chi connectivity index (χ1) is 12.7. The standard InChI is InChI=1S/C21H18FN3O/c22-18-7-2-6-17(13-18)21(10-3-11-21)23-20-9-8-19(24-25-20)16-5-1-4-15(12-16)14-26/h1-2,4-9,12-14H,3,10-11H2,(H,23,25). The first-order valence-corrected chi connectivity index (χ1v) is 8.62. The molecule has 1 fully saturated rings. The lowest BCUT2D eigenvalue weighted by Gasteiger charge is -2.43. The fraction of sp³-hybridized carbons (Fsp3) is 0.190. The number of benzene rings is 2. The summed E-state index contributed by atoms with van der Waals surface area (Å²) >= 11 is 0. The van der Waals surface area contributed by atoms with E-state index in [9.17, 15) is 9.18 Å². The lowest BCUT2D eigenvalue weighted by molar-refractivity contribution is 0.112. The minimum Gasteiger partial charge on any atom is -0.359 e. The molecule has 5 heteroatoms. The van der Waals surface area contributed by atoms with Gasteiger partial charge in [-0.15, -0.1) is 10.2 Å². The van der Waals surface area contributed by atoms with Gasteiger partial charge in [0.25, 0.3) is 0 Å². The van der Waals surface area contributed by atoms with Crippen LogP contribution < -0.4 is 5.32 Å². The summed E-state index contributed by atoms with van der Waals surface area (Å²) in [6.07, 6.45) is 3.77. The van der Waals surface area contributed by atoms with Gasteiger partial charge < -0.3 is 5.32 Å². The zero-order valence-electron chi connectivity index (χ0n) is 14.2. The number of anilines is 1. The van der Waals surface area contributed by atoms with Crippen molar-refractivity contribution in [2.75, 3.05) is 5.32 Å². The Labute approximate surface area is 151 Å². The van der Waals surface area contributed by atoms with E-state index in [-0.39, 0.29) is 11.4 Å². The summed E-state index contributed by atoms with van der Waals surface area (Å²) in [7, 11) is 0. The maximum Gasteiger partial charge on any atom is 0.150 e. The van der Waals surface area contributed by atoms with E-state index >= 15 is 0 Å². The van der Waals surface area contributed by atoms with Crippen molar-refractivity contribution in [3.8, 4) is 11.3 Å². The normalized spacial score (nSPS) is 15.1. The van der Waals surface area contributed by atoms with Gasteiger partial charge in [-0.1, -0.05) is 30.3 Å². The van der Waals surface area contributed by atoms with Crippen molar-refractivity contribution in [3.05, 3.63) is 77.6 Å². The van der Waals surface area contributed by atoms with Gasteiger partial charge in [-0.3, -0.25) is 4.79 Å². The molecule has 0 saturated heterocycles. The number of hydrogen-bond acceptors (Lipinski definition) is 4. The van der Waals surface area contributed by atoms with Crippen LogP contribution in [0.4, 0.5) is 10.2 Å². The van der Waals surface area contributed by atoms with Crippen molar-refractivity contribution in [1.82, 2.24) is 10.2 Å². The van der Waals surface area contributed by atoms with E-state index in [4.69, 9.17) is 0 Å². The molecule has 4 nitrogen and oxygen atoms in total. The van der Waals surface area contributed by atoms with Gasteiger partial charge >= 0.3 is 0 Å². The third-order valence-electron chi connectivity index (χ3n) is 4.93. The quantitative estimate of drug-likeness (QED) is 0.686. The number of nitrogens with zero attached hydrogens (tertiary/aromatic N) is 2. The number of halogens is 1. The molecular formula is C21H18FN3O. The summed E-state index contributed by atoms with van der Waals surface area (Å²) < 4.78 is 13.6. The first-order valence-electron chi connectivity index (χ1n) is 8.62. The monoisotopic (exact) mass is 347 g/mol. The topological polar surface area (TPSA) is 54.9 Å². The van der Waals surface area contributed by atoms with Gasteiger partial charge in [-0.05, 0) is 55.2 Å². The molecule has 4 rings (SSSR count). The molecule has 26 heavy (non-hydrogen) atoms. The van der Waals surface area contributed by atoms with Gasteiger partial charge in [-0.25, -0.2) is 4.39 Å². The lowest BCUT2D eigenvalue weighted by Crippen LogP contribution is -2.42. The average Bonchev–Trinajstić information content (AvgIpc) is 2.65. The maximum atomic E-state index is 13.6. The summed E-state index contributed by atoms with van der Waals surface area (Å²) in [6.45, 7) is 0. The van der Waals surface area contributed by atoms with Gasteiger partial charge in [0.15, 0.2) is 0 Å². The maximum absolute atomic E-state index is 13.6. The molecular weight excluding hydrogens is 329 g/mol. The van der Waals surface area contributed by atoms with Crippen LogP contribution in [0, 0.1) is 5.82 Å². The van der Waals surface area contributed by atoms with E-state index in [0.717, 1.165) is 36.7 Å². The summed E-state index contributed by atoms with van der Waals surface area (Å²) in [6, 6.07) is 17.7. The Bertz CT molecular complexity index is 936. The van der Waals surface area contributed by atoms with Crippen LogP contribution >= 0.6 is 0 Å². The van der Waals surface area contributed by atoms with Crippen molar-refractivity contribution in [3.63, 3.8) is 0 Å². The van der Waals surface area contributed by atoms with Gasteiger partial charge in [0.2, 0.25) is 0 Å². The zero-order chi connectivity index (χ0) is 18.0. The van der Waals surface area contributed by atoms with E-state index < -0.39 is 0 Å². The lowest BCUT2D eigenvalue weighted by atomic mass is 9.72. The summed E-state index contributed by atoms with van der Waals surface area (Å²) in [5.41, 5.74) is 2.81. The highest BCUT2D eigenvalue weighted by Crippen LogP contribution is 2.43. The van der Waals surface area contributed by atoms with Gasteiger partial charge in [-0.2, -0.15) is 0 Å².